The van der Waals surface area contributed by atoms with Crippen molar-refractivity contribution < 1.29 is 13.9 Å². The lowest BCUT2D eigenvalue weighted by molar-refractivity contribution is 0.0590. The molecule has 0 aliphatic rings. The molecule has 0 aliphatic heterocycles. The number of benzene rings is 1. The van der Waals surface area contributed by atoms with E-state index in [9.17, 15) is 14.0 Å². The van der Waals surface area contributed by atoms with Crippen molar-refractivity contribution >= 4 is 21.9 Å². The third-order valence-corrected chi connectivity index (χ3v) is 3.53. The van der Waals surface area contributed by atoms with Gasteiger partial charge in [-0.25, -0.2) is 13.9 Å². The fourth-order valence-corrected chi connectivity index (χ4v) is 2.15. The van der Waals surface area contributed by atoms with Gasteiger partial charge < -0.3 is 4.74 Å². The predicted molar refractivity (Wildman–Crippen MR) is 78.2 cm³/mol. The largest absolute Gasteiger partial charge is 0.464 e. The molecule has 7 heteroatoms. The van der Waals surface area contributed by atoms with Gasteiger partial charge in [-0.2, -0.15) is 5.10 Å². The van der Waals surface area contributed by atoms with E-state index in [0.717, 1.165) is 0 Å². The zero-order valence-corrected chi connectivity index (χ0v) is 13.0. The zero-order valence-electron chi connectivity index (χ0n) is 11.4. The van der Waals surface area contributed by atoms with Gasteiger partial charge in [0.1, 0.15) is 5.82 Å². The molecule has 5 nitrogen and oxygen atoms in total. The van der Waals surface area contributed by atoms with Crippen molar-refractivity contribution in [1.29, 1.82) is 0 Å². The zero-order chi connectivity index (χ0) is 15.6. The number of aromatic nitrogens is 2. The van der Waals surface area contributed by atoms with E-state index in [1.54, 1.807) is 6.92 Å². The Labute approximate surface area is 128 Å². The smallest absolute Gasteiger partial charge is 0.362 e. The van der Waals surface area contributed by atoms with Crippen molar-refractivity contribution in [1.82, 2.24) is 9.78 Å². The molecule has 1 aromatic carbocycles. The number of carbonyl (C=O) groups is 1. The van der Waals surface area contributed by atoms with Gasteiger partial charge in [-0.15, -0.1) is 0 Å². The van der Waals surface area contributed by atoms with E-state index in [1.165, 1.54) is 36.2 Å². The second-order valence-corrected chi connectivity index (χ2v) is 5.07. The molecule has 2 aromatic rings. The normalized spacial score (nSPS) is 10.5. The first-order valence-electron chi connectivity index (χ1n) is 6.14. The summed E-state index contributed by atoms with van der Waals surface area (Å²) in [5, 5.41) is 3.98. The fourth-order valence-electron chi connectivity index (χ4n) is 1.78. The number of carbonyl (C=O) groups excluding carboxylic acids is 1. The summed E-state index contributed by atoms with van der Waals surface area (Å²) < 4.78 is 19.5. The predicted octanol–water partition coefficient (Wildman–Crippen LogP) is 2.48. The van der Waals surface area contributed by atoms with Crippen LogP contribution in [0.1, 0.15) is 23.0 Å². The second kappa shape index (κ2) is 6.17. The third kappa shape index (κ3) is 3.02. The van der Waals surface area contributed by atoms with Gasteiger partial charge in [0, 0.05) is 11.8 Å². The molecule has 1 aromatic heterocycles. The van der Waals surface area contributed by atoms with Crippen molar-refractivity contribution in [2.75, 3.05) is 7.11 Å². The summed E-state index contributed by atoms with van der Waals surface area (Å²) in [5.74, 6) is -1.21. The summed E-state index contributed by atoms with van der Waals surface area (Å²) in [6, 6.07) is 4.27. The SMILES string of the molecule is CCc1cn(-c2ccc(F)c(Br)c2)nc(C(=O)OC)c1=O. The summed E-state index contributed by atoms with van der Waals surface area (Å²) in [5.41, 5.74) is 0.188. The minimum atomic E-state index is -0.801. The molecule has 0 unspecified atom stereocenters. The Morgan fingerprint density at radius 1 is 1.48 bits per heavy atom. The molecule has 0 aliphatic carbocycles. The lowest BCUT2D eigenvalue weighted by atomic mass is 10.2. The molecule has 110 valence electrons. The number of rotatable bonds is 3. The maximum atomic E-state index is 13.3. The number of esters is 1. The summed E-state index contributed by atoms with van der Waals surface area (Å²) in [6.45, 7) is 1.79. The van der Waals surface area contributed by atoms with Gasteiger partial charge in [0.25, 0.3) is 0 Å². The Morgan fingerprint density at radius 2 is 2.19 bits per heavy atom. The van der Waals surface area contributed by atoms with Crippen molar-refractivity contribution in [2.24, 2.45) is 0 Å². The van der Waals surface area contributed by atoms with E-state index in [0.29, 0.717) is 17.7 Å². The average molecular weight is 355 g/mol. The summed E-state index contributed by atoms with van der Waals surface area (Å²) >= 11 is 3.09. The van der Waals surface area contributed by atoms with Crippen molar-refractivity contribution in [2.45, 2.75) is 13.3 Å². The highest BCUT2D eigenvalue weighted by Gasteiger charge is 2.17. The first-order chi connectivity index (χ1) is 9.97. The minimum absolute atomic E-state index is 0.262. The Hall–Kier alpha value is -2.02. The van der Waals surface area contributed by atoms with Gasteiger partial charge >= 0.3 is 5.97 Å². The maximum absolute atomic E-state index is 13.3. The second-order valence-electron chi connectivity index (χ2n) is 4.22. The fraction of sp³-hybridized carbons (Fsp3) is 0.214. The number of hydrogen-bond donors (Lipinski definition) is 0. The van der Waals surface area contributed by atoms with Crippen LogP contribution < -0.4 is 5.43 Å². The van der Waals surface area contributed by atoms with Crippen molar-refractivity contribution in [3.63, 3.8) is 0 Å². The van der Waals surface area contributed by atoms with Crippen LogP contribution in [-0.4, -0.2) is 22.9 Å². The van der Waals surface area contributed by atoms with Crippen molar-refractivity contribution in [3.8, 4) is 5.69 Å². The van der Waals surface area contributed by atoms with Crippen LogP contribution in [0.25, 0.3) is 5.69 Å². The highest BCUT2D eigenvalue weighted by atomic mass is 79.9. The highest BCUT2D eigenvalue weighted by molar-refractivity contribution is 9.10. The standard InChI is InChI=1S/C14H12BrFN2O3/c1-3-8-7-18(9-4-5-11(16)10(15)6-9)17-12(13(8)19)14(20)21-2/h4-7H,3H2,1-2H3. The lowest BCUT2D eigenvalue weighted by Crippen LogP contribution is -2.25. The number of halogens is 2. The molecule has 0 amide bonds. The minimum Gasteiger partial charge on any atom is -0.464 e. The molecule has 0 spiro atoms. The van der Waals surface area contributed by atoms with E-state index in [4.69, 9.17) is 0 Å². The molecule has 2 rings (SSSR count). The van der Waals surface area contributed by atoms with E-state index < -0.39 is 17.2 Å². The lowest BCUT2D eigenvalue weighted by Gasteiger charge is -2.10. The van der Waals surface area contributed by atoms with E-state index in [2.05, 4.69) is 25.8 Å². The van der Waals surface area contributed by atoms with E-state index in [1.807, 2.05) is 0 Å². The molecule has 0 radical (unpaired) electrons. The molecule has 0 bridgehead atoms. The van der Waals surface area contributed by atoms with Gasteiger partial charge in [-0.3, -0.25) is 4.79 Å². The Kier molecular flexibility index (Phi) is 4.52. The number of hydrogen-bond acceptors (Lipinski definition) is 4. The quantitative estimate of drug-likeness (QED) is 0.794. The molecule has 0 fully saturated rings. The summed E-state index contributed by atoms with van der Waals surface area (Å²) in [4.78, 5) is 23.7. The van der Waals surface area contributed by atoms with Crippen LogP contribution in [0.2, 0.25) is 0 Å². The van der Waals surface area contributed by atoms with Gasteiger partial charge in [0.2, 0.25) is 11.1 Å². The number of aryl methyl sites for hydroxylation is 1. The van der Waals surface area contributed by atoms with Crippen LogP contribution in [-0.2, 0) is 11.2 Å². The van der Waals surface area contributed by atoms with Gasteiger partial charge in [0.05, 0.1) is 17.3 Å². The van der Waals surface area contributed by atoms with Gasteiger partial charge in [-0.05, 0) is 40.5 Å². The monoisotopic (exact) mass is 354 g/mol. The van der Waals surface area contributed by atoms with E-state index in [-0.39, 0.29) is 10.2 Å². The Bertz CT molecular complexity index is 758. The maximum Gasteiger partial charge on any atom is 0.362 e. The molecule has 0 N–H and O–H groups in total. The highest BCUT2D eigenvalue weighted by Crippen LogP contribution is 2.19. The molecule has 0 atom stereocenters. The van der Waals surface area contributed by atoms with Crippen LogP contribution in [0.15, 0.2) is 33.7 Å². The molecular formula is C14H12BrFN2O3. The average Bonchev–Trinajstić information content (AvgIpc) is 2.49. The van der Waals surface area contributed by atoms with Crippen LogP contribution in [0.3, 0.4) is 0 Å². The van der Waals surface area contributed by atoms with Gasteiger partial charge in [-0.1, -0.05) is 6.92 Å². The molecule has 0 saturated heterocycles. The topological polar surface area (TPSA) is 61.2 Å². The summed E-state index contributed by atoms with van der Waals surface area (Å²) in [7, 11) is 1.18. The summed E-state index contributed by atoms with van der Waals surface area (Å²) in [6.07, 6.45) is 1.96. The van der Waals surface area contributed by atoms with Crippen LogP contribution in [0.5, 0.6) is 0 Å². The number of nitrogens with zero attached hydrogens (tertiary/aromatic N) is 2. The molecule has 0 saturated carbocycles. The van der Waals surface area contributed by atoms with Gasteiger partial charge in [0.15, 0.2) is 0 Å². The Morgan fingerprint density at radius 3 is 2.76 bits per heavy atom. The van der Waals surface area contributed by atoms with E-state index >= 15 is 0 Å². The Balaban J connectivity index is 2.66. The van der Waals surface area contributed by atoms with Crippen molar-refractivity contribution in [3.05, 3.63) is 56.2 Å². The number of methoxy groups -OCH3 is 1. The number of ether oxygens (including phenoxy) is 1. The van der Waals surface area contributed by atoms with Crippen LogP contribution in [0, 0.1) is 5.82 Å². The molecule has 21 heavy (non-hydrogen) atoms. The molecule has 1 heterocycles. The first-order valence-corrected chi connectivity index (χ1v) is 6.93. The molecular weight excluding hydrogens is 343 g/mol. The van der Waals surface area contributed by atoms with Crippen LogP contribution in [0.4, 0.5) is 4.39 Å². The third-order valence-electron chi connectivity index (χ3n) is 2.92. The van der Waals surface area contributed by atoms with Crippen LogP contribution >= 0.6 is 15.9 Å². The first kappa shape index (κ1) is 15.4.